The highest BCUT2D eigenvalue weighted by molar-refractivity contribution is 5.91. The van der Waals surface area contributed by atoms with Gasteiger partial charge >= 0.3 is 6.03 Å². The lowest BCUT2D eigenvalue weighted by molar-refractivity contribution is -0.385. The number of carbonyl (C=O) groups is 1. The van der Waals surface area contributed by atoms with Gasteiger partial charge in [-0.2, -0.15) is 0 Å². The highest BCUT2D eigenvalue weighted by Crippen LogP contribution is 2.26. The van der Waals surface area contributed by atoms with Gasteiger partial charge in [-0.1, -0.05) is 6.07 Å². The van der Waals surface area contributed by atoms with E-state index in [0.717, 1.165) is 10.0 Å². The normalized spacial score (nSPS) is 9.88. The van der Waals surface area contributed by atoms with Crippen molar-refractivity contribution >= 4 is 17.4 Å². The summed E-state index contributed by atoms with van der Waals surface area (Å²) in [6.45, 7) is 1.51. The summed E-state index contributed by atoms with van der Waals surface area (Å²) in [5, 5.41) is 12.3. The lowest BCUT2D eigenvalue weighted by Gasteiger charge is -2.21. The largest absolute Gasteiger partial charge is 0.352 e. The first kappa shape index (κ1) is 12.9. The maximum absolute atomic E-state index is 11.5. The van der Waals surface area contributed by atoms with Crippen LogP contribution in [0.4, 0.5) is 16.2 Å². The number of nitrogens with two attached hydrogens (primary N) is 2. The second-order valence-electron chi connectivity index (χ2n) is 3.44. The Bertz CT molecular complexity index is 460. The SMILES string of the molecule is Cc1c(N(N)C(=O)N(C)N)cccc1[N+](=O)[O-]. The van der Waals surface area contributed by atoms with Crippen molar-refractivity contribution in [3.8, 4) is 0 Å². The molecule has 0 unspecified atom stereocenters. The molecular weight excluding hydrogens is 226 g/mol. The van der Waals surface area contributed by atoms with Crippen LogP contribution in [0.25, 0.3) is 0 Å². The molecule has 0 aliphatic heterocycles. The zero-order chi connectivity index (χ0) is 13.2. The zero-order valence-electron chi connectivity index (χ0n) is 9.45. The Balaban J connectivity index is 3.19. The molecule has 1 rings (SSSR count). The molecule has 0 fully saturated rings. The van der Waals surface area contributed by atoms with E-state index >= 15 is 0 Å². The molecule has 0 atom stereocenters. The molecule has 0 bridgehead atoms. The number of hydrogen-bond donors (Lipinski definition) is 2. The lowest BCUT2D eigenvalue weighted by atomic mass is 10.1. The van der Waals surface area contributed by atoms with Crippen LogP contribution in [0.2, 0.25) is 0 Å². The van der Waals surface area contributed by atoms with Crippen molar-refractivity contribution in [2.45, 2.75) is 6.92 Å². The minimum Gasteiger partial charge on any atom is -0.264 e. The molecule has 4 N–H and O–H groups in total. The lowest BCUT2D eigenvalue weighted by Crippen LogP contribution is -2.48. The fourth-order valence-corrected chi connectivity index (χ4v) is 1.34. The Labute approximate surface area is 97.5 Å². The van der Waals surface area contributed by atoms with Crippen LogP contribution in [0.15, 0.2) is 18.2 Å². The van der Waals surface area contributed by atoms with Crippen LogP contribution in [0.3, 0.4) is 0 Å². The Hall–Kier alpha value is -2.19. The molecule has 0 saturated heterocycles. The molecule has 1 aromatic rings. The number of carbonyl (C=O) groups excluding carboxylic acids is 1. The first-order valence-electron chi connectivity index (χ1n) is 4.67. The molecule has 92 valence electrons. The fourth-order valence-electron chi connectivity index (χ4n) is 1.34. The molecule has 0 radical (unpaired) electrons. The fraction of sp³-hybridized carbons (Fsp3) is 0.222. The van der Waals surface area contributed by atoms with Crippen molar-refractivity contribution in [3.63, 3.8) is 0 Å². The smallest absolute Gasteiger partial charge is 0.264 e. The Kier molecular flexibility index (Phi) is 3.61. The average Bonchev–Trinajstić information content (AvgIpc) is 2.26. The molecule has 2 amide bonds. The molecule has 0 saturated carbocycles. The van der Waals surface area contributed by atoms with Crippen LogP contribution in [-0.2, 0) is 0 Å². The maximum Gasteiger partial charge on any atom is 0.352 e. The second kappa shape index (κ2) is 4.76. The number of nitro groups is 1. The first-order chi connectivity index (χ1) is 7.86. The van der Waals surface area contributed by atoms with Gasteiger partial charge in [-0.3, -0.25) is 15.1 Å². The molecule has 17 heavy (non-hydrogen) atoms. The van der Waals surface area contributed by atoms with E-state index in [1.807, 2.05) is 0 Å². The number of hydrogen-bond acceptors (Lipinski definition) is 5. The van der Waals surface area contributed by atoms with E-state index in [9.17, 15) is 14.9 Å². The van der Waals surface area contributed by atoms with Gasteiger partial charge in [0.05, 0.1) is 16.2 Å². The van der Waals surface area contributed by atoms with Gasteiger partial charge in [-0.25, -0.2) is 21.5 Å². The van der Waals surface area contributed by atoms with Crippen LogP contribution >= 0.6 is 0 Å². The number of amides is 2. The Morgan fingerprint density at radius 3 is 2.47 bits per heavy atom. The third kappa shape index (κ3) is 2.49. The van der Waals surface area contributed by atoms with Gasteiger partial charge in [0.25, 0.3) is 5.69 Å². The van der Waals surface area contributed by atoms with Crippen LogP contribution in [-0.4, -0.2) is 23.0 Å². The van der Waals surface area contributed by atoms with E-state index < -0.39 is 11.0 Å². The summed E-state index contributed by atoms with van der Waals surface area (Å²) in [6.07, 6.45) is 0. The third-order valence-corrected chi connectivity index (χ3v) is 2.24. The summed E-state index contributed by atoms with van der Waals surface area (Å²) in [4.78, 5) is 21.7. The topological polar surface area (TPSA) is 119 Å². The maximum atomic E-state index is 11.5. The predicted molar refractivity (Wildman–Crippen MR) is 61.8 cm³/mol. The highest BCUT2D eigenvalue weighted by atomic mass is 16.6. The van der Waals surface area contributed by atoms with Crippen molar-refractivity contribution in [2.24, 2.45) is 11.7 Å². The Morgan fingerprint density at radius 2 is 2.00 bits per heavy atom. The number of nitro benzene ring substituents is 1. The molecule has 0 spiro atoms. The number of nitrogens with zero attached hydrogens (tertiary/aromatic N) is 3. The van der Waals surface area contributed by atoms with E-state index in [1.165, 1.54) is 32.2 Å². The standard InChI is InChI=1S/C9H13N5O3/c1-6-7(13(11)9(15)12(2)10)4-3-5-8(6)14(16)17/h3-5H,10-11H2,1-2H3. The monoisotopic (exact) mass is 239 g/mol. The quantitative estimate of drug-likeness (QED) is 0.337. The highest BCUT2D eigenvalue weighted by Gasteiger charge is 2.21. The van der Waals surface area contributed by atoms with Crippen molar-refractivity contribution in [2.75, 3.05) is 12.1 Å². The van der Waals surface area contributed by atoms with Gasteiger partial charge in [0, 0.05) is 13.1 Å². The van der Waals surface area contributed by atoms with Gasteiger partial charge in [0.2, 0.25) is 0 Å². The van der Waals surface area contributed by atoms with E-state index in [0.29, 0.717) is 5.56 Å². The molecule has 0 heterocycles. The Morgan fingerprint density at radius 1 is 1.41 bits per heavy atom. The summed E-state index contributed by atoms with van der Waals surface area (Å²) < 4.78 is 0. The van der Waals surface area contributed by atoms with Gasteiger partial charge in [0.15, 0.2) is 0 Å². The molecule has 8 heteroatoms. The minimum atomic E-state index is -0.673. The van der Waals surface area contributed by atoms with Gasteiger partial charge in [-0.15, -0.1) is 0 Å². The van der Waals surface area contributed by atoms with E-state index in [4.69, 9.17) is 11.7 Å². The summed E-state index contributed by atoms with van der Waals surface area (Å²) in [6, 6.07) is 3.62. The molecule has 0 aliphatic carbocycles. The van der Waals surface area contributed by atoms with Gasteiger partial charge in [-0.05, 0) is 13.0 Å². The van der Waals surface area contributed by atoms with Crippen molar-refractivity contribution in [1.29, 1.82) is 0 Å². The van der Waals surface area contributed by atoms with Crippen LogP contribution < -0.4 is 16.7 Å². The molecule has 0 aromatic heterocycles. The second-order valence-corrected chi connectivity index (χ2v) is 3.44. The number of anilines is 1. The summed E-state index contributed by atoms with van der Waals surface area (Å²) in [5.41, 5.74) is 0.433. The number of urea groups is 1. The van der Waals surface area contributed by atoms with Crippen molar-refractivity contribution in [3.05, 3.63) is 33.9 Å². The van der Waals surface area contributed by atoms with Crippen LogP contribution in [0, 0.1) is 17.0 Å². The summed E-state index contributed by atoms with van der Waals surface area (Å²) in [7, 11) is 1.33. The summed E-state index contributed by atoms with van der Waals surface area (Å²) >= 11 is 0. The number of rotatable bonds is 2. The zero-order valence-corrected chi connectivity index (χ0v) is 9.45. The molecule has 8 nitrogen and oxygen atoms in total. The van der Waals surface area contributed by atoms with E-state index in [1.54, 1.807) is 0 Å². The average molecular weight is 239 g/mol. The molecular formula is C9H13N5O3. The van der Waals surface area contributed by atoms with Crippen molar-refractivity contribution in [1.82, 2.24) is 5.01 Å². The van der Waals surface area contributed by atoms with Crippen molar-refractivity contribution < 1.29 is 9.72 Å². The van der Waals surface area contributed by atoms with Gasteiger partial charge in [0.1, 0.15) is 0 Å². The van der Waals surface area contributed by atoms with Gasteiger partial charge < -0.3 is 0 Å². The number of benzene rings is 1. The number of hydrazine groups is 2. The van der Waals surface area contributed by atoms with E-state index in [-0.39, 0.29) is 11.4 Å². The van der Waals surface area contributed by atoms with E-state index in [2.05, 4.69) is 0 Å². The first-order valence-corrected chi connectivity index (χ1v) is 4.67. The van der Waals surface area contributed by atoms with Crippen LogP contribution in [0.1, 0.15) is 5.56 Å². The predicted octanol–water partition coefficient (Wildman–Crippen LogP) is 0.509. The molecule has 1 aromatic carbocycles. The summed E-state index contributed by atoms with van der Waals surface area (Å²) in [5.74, 6) is 10.8. The minimum absolute atomic E-state index is 0.106. The molecule has 0 aliphatic rings. The third-order valence-electron chi connectivity index (χ3n) is 2.24. The van der Waals surface area contributed by atoms with Crippen LogP contribution in [0.5, 0.6) is 0 Å².